The highest BCUT2D eigenvalue weighted by Gasteiger charge is 2.24. The summed E-state index contributed by atoms with van der Waals surface area (Å²) in [6, 6.07) is 7.59. The zero-order valence-electron chi connectivity index (χ0n) is 14.7. The molecule has 2 heterocycles. The molecular formula is C20H17Cl2NO3. The van der Waals surface area contributed by atoms with Gasteiger partial charge in [0.05, 0.1) is 15.7 Å². The standard InChI is InChI=1S/C20H17Cl2NO3/c1-10-11(2)20(24)26-19-12(3)18-13(7-14(10)19)8-23(9-25-18)16-6-4-5-15(21)17(16)22/h4-7H,8-9H2,1-3H3. The second-order valence-electron chi connectivity index (χ2n) is 6.55. The van der Waals surface area contributed by atoms with Crippen LogP contribution in [-0.4, -0.2) is 6.73 Å². The SMILES string of the molecule is Cc1c(C)c2cc3c(c(C)c2oc1=O)OCN(c1cccc(Cl)c1Cl)C3. The molecule has 0 saturated carbocycles. The van der Waals surface area contributed by atoms with E-state index in [1.54, 1.807) is 13.0 Å². The van der Waals surface area contributed by atoms with Crippen LogP contribution in [-0.2, 0) is 6.54 Å². The van der Waals surface area contributed by atoms with Gasteiger partial charge >= 0.3 is 5.63 Å². The summed E-state index contributed by atoms with van der Waals surface area (Å²) in [5.41, 5.74) is 4.54. The number of rotatable bonds is 1. The third-order valence-electron chi connectivity index (χ3n) is 5.00. The Kier molecular flexibility index (Phi) is 4.13. The number of fused-ring (bicyclic) bond motifs is 2. The molecule has 0 N–H and O–H groups in total. The van der Waals surface area contributed by atoms with Gasteiger partial charge in [-0.25, -0.2) is 4.79 Å². The highest BCUT2D eigenvalue weighted by Crippen LogP contribution is 2.39. The molecule has 0 radical (unpaired) electrons. The van der Waals surface area contributed by atoms with E-state index in [1.165, 1.54) is 0 Å². The molecule has 0 atom stereocenters. The van der Waals surface area contributed by atoms with Gasteiger partial charge in [-0.05, 0) is 44.5 Å². The molecule has 1 aromatic heterocycles. The van der Waals surface area contributed by atoms with Gasteiger partial charge in [0.15, 0.2) is 6.73 Å². The minimum Gasteiger partial charge on any atom is -0.472 e. The average molecular weight is 390 g/mol. The molecule has 2 aromatic carbocycles. The van der Waals surface area contributed by atoms with E-state index in [0.29, 0.717) is 34.5 Å². The Hall–Kier alpha value is -2.17. The summed E-state index contributed by atoms with van der Waals surface area (Å²) in [5.74, 6) is 0.762. The fraction of sp³-hybridized carbons (Fsp3) is 0.250. The summed E-state index contributed by atoms with van der Waals surface area (Å²) in [5, 5.41) is 1.95. The number of anilines is 1. The van der Waals surface area contributed by atoms with Crippen molar-refractivity contribution in [3.8, 4) is 5.75 Å². The first-order valence-electron chi connectivity index (χ1n) is 8.26. The number of hydrogen-bond acceptors (Lipinski definition) is 4. The molecule has 0 fully saturated rings. The second kappa shape index (κ2) is 6.22. The Labute approximate surface area is 160 Å². The second-order valence-corrected chi connectivity index (χ2v) is 7.34. The minimum absolute atomic E-state index is 0.304. The fourth-order valence-electron chi connectivity index (χ4n) is 3.39. The van der Waals surface area contributed by atoms with Crippen LogP contribution in [0.2, 0.25) is 10.0 Å². The highest BCUT2D eigenvalue weighted by molar-refractivity contribution is 6.43. The van der Waals surface area contributed by atoms with Crippen molar-refractivity contribution in [2.24, 2.45) is 0 Å². The van der Waals surface area contributed by atoms with E-state index in [0.717, 1.165) is 33.5 Å². The Morgan fingerprint density at radius 3 is 2.62 bits per heavy atom. The van der Waals surface area contributed by atoms with E-state index in [2.05, 4.69) is 0 Å². The van der Waals surface area contributed by atoms with Crippen molar-refractivity contribution in [2.75, 3.05) is 11.6 Å². The molecule has 134 valence electrons. The van der Waals surface area contributed by atoms with Crippen LogP contribution < -0.4 is 15.3 Å². The smallest absolute Gasteiger partial charge is 0.339 e. The van der Waals surface area contributed by atoms with Crippen molar-refractivity contribution in [3.63, 3.8) is 0 Å². The van der Waals surface area contributed by atoms with E-state index in [4.69, 9.17) is 32.4 Å². The maximum Gasteiger partial charge on any atom is 0.339 e. The van der Waals surface area contributed by atoms with Crippen LogP contribution >= 0.6 is 23.2 Å². The molecule has 1 aliphatic heterocycles. The summed E-state index contributed by atoms with van der Waals surface area (Å²) in [6.07, 6.45) is 0. The lowest BCUT2D eigenvalue weighted by Crippen LogP contribution is -2.32. The Morgan fingerprint density at radius 1 is 1.08 bits per heavy atom. The molecule has 0 amide bonds. The maximum absolute atomic E-state index is 12.0. The number of benzene rings is 2. The number of aryl methyl sites for hydroxylation is 2. The molecule has 0 bridgehead atoms. The van der Waals surface area contributed by atoms with Crippen molar-refractivity contribution in [2.45, 2.75) is 27.3 Å². The third-order valence-corrected chi connectivity index (χ3v) is 5.81. The van der Waals surface area contributed by atoms with Gasteiger partial charge in [0.25, 0.3) is 0 Å². The molecule has 3 aromatic rings. The van der Waals surface area contributed by atoms with Crippen molar-refractivity contribution >= 4 is 39.9 Å². The number of ether oxygens (including phenoxy) is 1. The average Bonchev–Trinajstić information content (AvgIpc) is 2.63. The number of halogens is 2. The lowest BCUT2D eigenvalue weighted by molar-refractivity contribution is 0.287. The molecule has 6 heteroatoms. The van der Waals surface area contributed by atoms with Gasteiger partial charge < -0.3 is 14.1 Å². The largest absolute Gasteiger partial charge is 0.472 e. The van der Waals surface area contributed by atoms with Crippen LogP contribution in [0.1, 0.15) is 22.3 Å². The topological polar surface area (TPSA) is 42.7 Å². The van der Waals surface area contributed by atoms with E-state index < -0.39 is 0 Å². The van der Waals surface area contributed by atoms with E-state index in [1.807, 2.05) is 36.9 Å². The molecule has 0 aliphatic carbocycles. The molecule has 4 rings (SSSR count). The quantitative estimate of drug-likeness (QED) is 0.523. The van der Waals surface area contributed by atoms with Gasteiger partial charge in [0.1, 0.15) is 11.3 Å². The zero-order valence-corrected chi connectivity index (χ0v) is 16.2. The minimum atomic E-state index is -0.304. The highest BCUT2D eigenvalue weighted by atomic mass is 35.5. The van der Waals surface area contributed by atoms with Crippen LogP contribution in [0.25, 0.3) is 11.0 Å². The third kappa shape index (κ3) is 2.56. The first-order chi connectivity index (χ1) is 12.4. The molecular weight excluding hydrogens is 373 g/mol. The van der Waals surface area contributed by atoms with Crippen LogP contribution in [0.3, 0.4) is 0 Å². The predicted molar refractivity (Wildman–Crippen MR) is 105 cm³/mol. The van der Waals surface area contributed by atoms with Gasteiger partial charge in [-0.1, -0.05) is 29.3 Å². The molecule has 0 saturated heterocycles. The molecule has 0 spiro atoms. The van der Waals surface area contributed by atoms with Crippen molar-refractivity contribution in [3.05, 3.63) is 67.0 Å². The Morgan fingerprint density at radius 2 is 1.85 bits per heavy atom. The summed E-state index contributed by atoms with van der Waals surface area (Å²) in [4.78, 5) is 14.1. The van der Waals surface area contributed by atoms with Crippen molar-refractivity contribution < 1.29 is 9.15 Å². The Balaban J connectivity index is 1.86. The maximum atomic E-state index is 12.0. The van der Waals surface area contributed by atoms with Crippen molar-refractivity contribution in [1.29, 1.82) is 0 Å². The normalized spacial score (nSPS) is 13.7. The van der Waals surface area contributed by atoms with Gasteiger partial charge in [0, 0.05) is 28.6 Å². The van der Waals surface area contributed by atoms with Crippen LogP contribution in [0.15, 0.2) is 33.5 Å². The van der Waals surface area contributed by atoms with Crippen LogP contribution in [0.4, 0.5) is 5.69 Å². The zero-order chi connectivity index (χ0) is 18.6. The molecule has 4 nitrogen and oxygen atoms in total. The predicted octanol–water partition coefficient (Wildman–Crippen LogP) is 5.38. The van der Waals surface area contributed by atoms with Crippen molar-refractivity contribution in [1.82, 2.24) is 0 Å². The Bertz CT molecular complexity index is 1100. The first kappa shape index (κ1) is 17.3. The van der Waals surface area contributed by atoms with Gasteiger partial charge in [0.2, 0.25) is 0 Å². The first-order valence-corrected chi connectivity index (χ1v) is 9.02. The van der Waals surface area contributed by atoms with Gasteiger partial charge in [-0.2, -0.15) is 0 Å². The summed E-state index contributed by atoms with van der Waals surface area (Å²) >= 11 is 12.5. The van der Waals surface area contributed by atoms with E-state index in [9.17, 15) is 4.79 Å². The summed E-state index contributed by atoms with van der Waals surface area (Å²) in [6.45, 7) is 6.61. The van der Waals surface area contributed by atoms with E-state index >= 15 is 0 Å². The number of hydrogen-bond donors (Lipinski definition) is 0. The van der Waals surface area contributed by atoms with Gasteiger partial charge in [-0.15, -0.1) is 0 Å². The molecule has 0 unspecified atom stereocenters. The van der Waals surface area contributed by atoms with Crippen LogP contribution in [0, 0.1) is 20.8 Å². The lowest BCUT2D eigenvalue weighted by atomic mass is 9.99. The van der Waals surface area contributed by atoms with Crippen LogP contribution in [0.5, 0.6) is 5.75 Å². The van der Waals surface area contributed by atoms with E-state index in [-0.39, 0.29) is 5.63 Å². The lowest BCUT2D eigenvalue weighted by Gasteiger charge is -2.32. The monoisotopic (exact) mass is 389 g/mol. The molecule has 26 heavy (non-hydrogen) atoms. The molecule has 1 aliphatic rings. The van der Waals surface area contributed by atoms with Gasteiger partial charge in [-0.3, -0.25) is 0 Å². The fourth-order valence-corrected chi connectivity index (χ4v) is 3.80. The number of nitrogens with zero attached hydrogens (tertiary/aromatic N) is 1. The summed E-state index contributed by atoms with van der Waals surface area (Å²) in [7, 11) is 0. The summed E-state index contributed by atoms with van der Waals surface area (Å²) < 4.78 is 11.5.